The molecule has 3 saturated carbocycles. The van der Waals surface area contributed by atoms with E-state index in [9.17, 15) is 5.11 Å². The van der Waals surface area contributed by atoms with Crippen molar-refractivity contribution in [1.29, 1.82) is 0 Å². The Bertz CT molecular complexity index is 599. The second-order valence-corrected chi connectivity index (χ2v) is 10.8. The summed E-state index contributed by atoms with van der Waals surface area (Å²) in [5.74, 6) is 2.94. The number of ether oxygens (including phenoxy) is 2. The van der Waals surface area contributed by atoms with Crippen LogP contribution in [0.3, 0.4) is 0 Å². The van der Waals surface area contributed by atoms with Gasteiger partial charge in [-0.1, -0.05) is 25.5 Å². The van der Waals surface area contributed by atoms with Crippen molar-refractivity contribution in [3.8, 4) is 0 Å². The second kappa shape index (κ2) is 7.71. The van der Waals surface area contributed by atoms with Crippen molar-refractivity contribution in [2.45, 2.75) is 104 Å². The minimum atomic E-state index is -0.156. The molecule has 4 rings (SSSR count). The lowest BCUT2D eigenvalue weighted by Crippen LogP contribution is -2.51. The molecule has 0 heterocycles. The van der Waals surface area contributed by atoms with Crippen molar-refractivity contribution < 1.29 is 14.6 Å². The van der Waals surface area contributed by atoms with Crippen LogP contribution in [0.25, 0.3) is 0 Å². The summed E-state index contributed by atoms with van der Waals surface area (Å²) in [6.45, 7) is 11.9. The van der Waals surface area contributed by atoms with E-state index < -0.39 is 0 Å². The summed E-state index contributed by atoms with van der Waals surface area (Å²) in [5, 5.41) is 10.4. The highest BCUT2D eigenvalue weighted by Gasteiger charge is 2.59. The van der Waals surface area contributed by atoms with E-state index in [-0.39, 0.29) is 12.4 Å². The smallest absolute Gasteiger partial charge is 0.155 e. The Labute approximate surface area is 172 Å². The zero-order valence-corrected chi connectivity index (χ0v) is 18.7. The van der Waals surface area contributed by atoms with Crippen LogP contribution in [-0.2, 0) is 9.47 Å². The van der Waals surface area contributed by atoms with Gasteiger partial charge in [-0.15, -0.1) is 0 Å². The molecule has 4 aliphatic rings. The summed E-state index contributed by atoms with van der Waals surface area (Å²) in [6.07, 6.45) is 12.6. The molecule has 0 amide bonds. The highest BCUT2D eigenvalue weighted by molar-refractivity contribution is 5.25. The fourth-order valence-electron chi connectivity index (χ4n) is 8.12. The summed E-state index contributed by atoms with van der Waals surface area (Å²) in [5.41, 5.74) is 2.38. The summed E-state index contributed by atoms with van der Waals surface area (Å²) in [4.78, 5) is 0. The van der Waals surface area contributed by atoms with E-state index >= 15 is 0 Å². The highest BCUT2D eigenvalue weighted by Crippen LogP contribution is 2.66. The Morgan fingerprint density at radius 1 is 1.11 bits per heavy atom. The zero-order chi connectivity index (χ0) is 20.1. The summed E-state index contributed by atoms with van der Waals surface area (Å²) < 4.78 is 11.8. The van der Waals surface area contributed by atoms with Crippen molar-refractivity contribution in [1.82, 2.24) is 0 Å². The number of rotatable bonds is 5. The van der Waals surface area contributed by atoms with Crippen molar-refractivity contribution >= 4 is 0 Å². The van der Waals surface area contributed by atoms with Gasteiger partial charge in [0.25, 0.3) is 0 Å². The number of hydrogen-bond donors (Lipinski definition) is 1. The first kappa shape index (κ1) is 20.9. The Morgan fingerprint density at radius 2 is 1.89 bits per heavy atom. The fraction of sp³-hybridized carbons (Fsp3) is 0.920. The van der Waals surface area contributed by atoms with Crippen LogP contribution in [0.1, 0.15) is 86.0 Å². The normalized spacial score (nSPS) is 47.5. The van der Waals surface area contributed by atoms with Crippen LogP contribution < -0.4 is 0 Å². The minimum Gasteiger partial charge on any atom is -0.393 e. The van der Waals surface area contributed by atoms with Crippen LogP contribution in [0.5, 0.6) is 0 Å². The van der Waals surface area contributed by atoms with Crippen LogP contribution in [0.4, 0.5) is 0 Å². The molecular weight excluding hydrogens is 348 g/mol. The van der Waals surface area contributed by atoms with Gasteiger partial charge in [-0.3, -0.25) is 0 Å². The molecule has 1 N–H and O–H groups in total. The van der Waals surface area contributed by atoms with Gasteiger partial charge in [-0.25, -0.2) is 0 Å². The number of hydrogen-bond acceptors (Lipinski definition) is 3. The van der Waals surface area contributed by atoms with E-state index in [2.05, 4.69) is 19.9 Å². The Hall–Kier alpha value is -0.380. The molecule has 0 saturated heterocycles. The average Bonchev–Trinajstić information content (AvgIpc) is 2.99. The van der Waals surface area contributed by atoms with E-state index in [0.717, 1.165) is 30.6 Å². The molecule has 9 atom stereocenters. The third kappa shape index (κ3) is 3.30. The molecule has 0 aliphatic heterocycles. The molecule has 28 heavy (non-hydrogen) atoms. The maximum absolute atomic E-state index is 10.4. The minimum absolute atomic E-state index is 0.0948. The zero-order valence-electron chi connectivity index (χ0n) is 18.7. The molecule has 0 aromatic carbocycles. The molecule has 3 heteroatoms. The first-order valence-electron chi connectivity index (χ1n) is 11.9. The third-order valence-electron chi connectivity index (χ3n) is 9.50. The van der Waals surface area contributed by atoms with E-state index in [1.165, 1.54) is 38.5 Å². The topological polar surface area (TPSA) is 38.7 Å². The summed E-state index contributed by atoms with van der Waals surface area (Å²) >= 11 is 0. The standard InChI is InChI=1S/C25H42O3/c1-6-27-17(3)28-19-11-13-24(4)18(15-19)7-8-20-22-10-9-21(16(2)26)25(22,5)14-12-23(20)24/h7,16-17,19-23,26H,6,8-15H2,1-5H3/t16-,17?,19-,20-,21+,22-,23-,24-,25+/m0/s1. The Balaban J connectivity index is 1.51. The lowest BCUT2D eigenvalue weighted by Gasteiger charge is -2.58. The van der Waals surface area contributed by atoms with Gasteiger partial charge in [0.05, 0.1) is 12.2 Å². The quantitative estimate of drug-likeness (QED) is 0.482. The number of fused-ring (bicyclic) bond motifs is 5. The number of aliphatic hydroxyl groups excluding tert-OH is 1. The van der Waals surface area contributed by atoms with Gasteiger partial charge in [0.15, 0.2) is 6.29 Å². The van der Waals surface area contributed by atoms with Crippen LogP contribution in [0.2, 0.25) is 0 Å². The monoisotopic (exact) mass is 390 g/mol. The second-order valence-electron chi connectivity index (χ2n) is 10.8. The lowest BCUT2D eigenvalue weighted by molar-refractivity contribution is -0.167. The van der Waals surface area contributed by atoms with E-state index in [0.29, 0.717) is 29.5 Å². The van der Waals surface area contributed by atoms with Crippen molar-refractivity contribution in [3.63, 3.8) is 0 Å². The predicted octanol–water partition coefficient (Wildman–Crippen LogP) is 5.71. The average molecular weight is 391 g/mol. The molecule has 3 nitrogen and oxygen atoms in total. The Morgan fingerprint density at radius 3 is 2.61 bits per heavy atom. The first-order valence-corrected chi connectivity index (χ1v) is 11.9. The molecule has 0 aromatic rings. The molecular formula is C25H42O3. The van der Waals surface area contributed by atoms with Gasteiger partial charge in [0, 0.05) is 6.61 Å². The number of aliphatic hydroxyl groups is 1. The summed E-state index contributed by atoms with van der Waals surface area (Å²) in [7, 11) is 0. The highest BCUT2D eigenvalue weighted by atomic mass is 16.7. The lowest BCUT2D eigenvalue weighted by atomic mass is 9.47. The van der Waals surface area contributed by atoms with E-state index in [1.807, 2.05) is 20.8 Å². The van der Waals surface area contributed by atoms with Gasteiger partial charge in [0.1, 0.15) is 0 Å². The summed E-state index contributed by atoms with van der Waals surface area (Å²) in [6, 6.07) is 0. The van der Waals surface area contributed by atoms with Crippen molar-refractivity contribution in [2.75, 3.05) is 6.61 Å². The maximum Gasteiger partial charge on any atom is 0.155 e. The fourth-order valence-corrected chi connectivity index (χ4v) is 8.12. The molecule has 0 radical (unpaired) electrons. The molecule has 0 spiro atoms. The van der Waals surface area contributed by atoms with Crippen LogP contribution in [0, 0.1) is 34.5 Å². The third-order valence-corrected chi connectivity index (χ3v) is 9.50. The molecule has 0 bridgehead atoms. The molecule has 160 valence electrons. The largest absolute Gasteiger partial charge is 0.393 e. The molecule has 4 aliphatic carbocycles. The predicted molar refractivity (Wildman–Crippen MR) is 113 cm³/mol. The maximum atomic E-state index is 10.4. The molecule has 0 aromatic heterocycles. The number of allylic oxidation sites excluding steroid dienone is 1. The SMILES string of the molecule is CCOC(C)O[C@H]1CC[C@@]2(C)C(=CC[C@H]3[C@@H]4CC[C@H]([C@H](C)O)[C@@]4(C)CC[C@@H]32)C1. The van der Waals surface area contributed by atoms with Crippen LogP contribution in [0.15, 0.2) is 11.6 Å². The van der Waals surface area contributed by atoms with Crippen molar-refractivity contribution in [2.24, 2.45) is 34.5 Å². The van der Waals surface area contributed by atoms with Gasteiger partial charge < -0.3 is 14.6 Å². The van der Waals surface area contributed by atoms with Crippen molar-refractivity contribution in [3.05, 3.63) is 11.6 Å². The van der Waals surface area contributed by atoms with Crippen LogP contribution in [-0.4, -0.2) is 30.2 Å². The van der Waals surface area contributed by atoms with E-state index in [1.54, 1.807) is 5.57 Å². The first-order chi connectivity index (χ1) is 13.3. The molecule has 1 unspecified atom stereocenters. The molecule has 3 fully saturated rings. The van der Waals surface area contributed by atoms with Crippen LogP contribution >= 0.6 is 0 Å². The van der Waals surface area contributed by atoms with Gasteiger partial charge in [0.2, 0.25) is 0 Å². The van der Waals surface area contributed by atoms with Gasteiger partial charge in [-0.2, -0.15) is 0 Å². The Kier molecular flexibility index (Phi) is 5.74. The van der Waals surface area contributed by atoms with Gasteiger partial charge >= 0.3 is 0 Å². The van der Waals surface area contributed by atoms with E-state index in [4.69, 9.17) is 9.47 Å². The van der Waals surface area contributed by atoms with Gasteiger partial charge in [-0.05, 0) is 107 Å².